The molecular weight excluding hydrogens is 218 g/mol. The van der Waals surface area contributed by atoms with Gasteiger partial charge in [-0.05, 0) is 12.1 Å². The van der Waals surface area contributed by atoms with Crippen molar-refractivity contribution in [2.45, 2.75) is 10.9 Å². The Hall–Kier alpha value is -1.26. The van der Waals surface area contributed by atoms with E-state index in [4.69, 9.17) is 5.73 Å². The van der Waals surface area contributed by atoms with Gasteiger partial charge in [0.1, 0.15) is 5.82 Å². The number of thioether (sulfide) groups is 1. The third-order valence-corrected chi connectivity index (χ3v) is 3.49. The molecule has 0 amide bonds. The quantitative estimate of drug-likeness (QED) is 0.823. The number of nitrogens with two attached hydrogens (primary N) is 1. The second-order valence-electron chi connectivity index (χ2n) is 3.63. The largest absolute Gasteiger partial charge is 0.337 e. The molecule has 2 rings (SSSR count). The van der Waals surface area contributed by atoms with Crippen LogP contribution in [0.25, 0.3) is 0 Å². The smallest absolute Gasteiger partial charge is 0.126 e. The highest BCUT2D eigenvalue weighted by Crippen LogP contribution is 2.21. The summed E-state index contributed by atoms with van der Waals surface area (Å²) < 4.78 is 1.97. The molecule has 0 fully saturated rings. The van der Waals surface area contributed by atoms with Crippen molar-refractivity contribution in [3.8, 4) is 0 Å². The zero-order chi connectivity index (χ0) is 11.4. The Kier molecular flexibility index (Phi) is 3.64. The Morgan fingerprint density at radius 1 is 1.38 bits per heavy atom. The normalized spacial score (nSPS) is 12.6. The van der Waals surface area contributed by atoms with Gasteiger partial charge < -0.3 is 10.3 Å². The lowest BCUT2D eigenvalue weighted by Gasteiger charge is -2.10. The van der Waals surface area contributed by atoms with Gasteiger partial charge in [0.15, 0.2) is 0 Å². The summed E-state index contributed by atoms with van der Waals surface area (Å²) in [6.45, 7) is 0. The van der Waals surface area contributed by atoms with Crippen molar-refractivity contribution in [3.05, 3.63) is 48.5 Å². The van der Waals surface area contributed by atoms with Crippen molar-refractivity contribution in [3.63, 3.8) is 0 Å². The summed E-state index contributed by atoms with van der Waals surface area (Å²) in [6.07, 6.45) is 3.70. The molecule has 0 saturated carbocycles. The van der Waals surface area contributed by atoms with Gasteiger partial charge in [0.25, 0.3) is 0 Å². The molecule has 0 spiro atoms. The number of aryl methyl sites for hydroxylation is 1. The second-order valence-corrected chi connectivity index (χ2v) is 4.72. The van der Waals surface area contributed by atoms with Crippen LogP contribution in [0.3, 0.4) is 0 Å². The lowest BCUT2D eigenvalue weighted by Crippen LogP contribution is -2.17. The van der Waals surface area contributed by atoms with E-state index in [0.29, 0.717) is 0 Å². The molecule has 1 aromatic heterocycles. The van der Waals surface area contributed by atoms with Crippen molar-refractivity contribution in [2.75, 3.05) is 5.75 Å². The zero-order valence-corrected chi connectivity index (χ0v) is 10.0. The monoisotopic (exact) mass is 233 g/mol. The van der Waals surface area contributed by atoms with Gasteiger partial charge in [-0.3, -0.25) is 0 Å². The van der Waals surface area contributed by atoms with Gasteiger partial charge in [-0.25, -0.2) is 4.98 Å². The number of rotatable bonds is 4. The van der Waals surface area contributed by atoms with E-state index in [-0.39, 0.29) is 6.04 Å². The Morgan fingerprint density at radius 3 is 2.75 bits per heavy atom. The minimum absolute atomic E-state index is 0.0230. The standard InChI is InChI=1S/C12H15N3S/c1-15-8-7-14-12(15)11(13)9-16-10-5-3-2-4-6-10/h2-8,11H,9,13H2,1H3. The first-order valence-corrected chi connectivity index (χ1v) is 6.16. The van der Waals surface area contributed by atoms with Gasteiger partial charge >= 0.3 is 0 Å². The molecule has 0 aliphatic rings. The Morgan fingerprint density at radius 2 is 2.12 bits per heavy atom. The summed E-state index contributed by atoms with van der Waals surface area (Å²) in [5, 5.41) is 0. The Labute approximate surface area is 99.7 Å². The fraction of sp³-hybridized carbons (Fsp3) is 0.250. The highest BCUT2D eigenvalue weighted by molar-refractivity contribution is 7.99. The molecule has 1 atom stereocenters. The summed E-state index contributed by atoms with van der Waals surface area (Å²) in [5.41, 5.74) is 6.08. The van der Waals surface area contributed by atoms with Crippen LogP contribution in [0.2, 0.25) is 0 Å². The first kappa shape index (κ1) is 11.2. The highest BCUT2D eigenvalue weighted by atomic mass is 32.2. The summed E-state index contributed by atoms with van der Waals surface area (Å²) in [5.74, 6) is 1.78. The summed E-state index contributed by atoms with van der Waals surface area (Å²) in [7, 11) is 1.97. The van der Waals surface area contributed by atoms with Crippen LogP contribution in [0.4, 0.5) is 0 Å². The van der Waals surface area contributed by atoms with Gasteiger partial charge in [0.2, 0.25) is 0 Å². The van der Waals surface area contributed by atoms with Crippen LogP contribution < -0.4 is 5.73 Å². The van der Waals surface area contributed by atoms with Crippen LogP contribution in [0, 0.1) is 0 Å². The van der Waals surface area contributed by atoms with Gasteiger partial charge in [-0.2, -0.15) is 0 Å². The first-order chi connectivity index (χ1) is 7.77. The molecular formula is C12H15N3S. The zero-order valence-electron chi connectivity index (χ0n) is 9.21. The highest BCUT2D eigenvalue weighted by Gasteiger charge is 2.10. The molecule has 4 heteroatoms. The van der Waals surface area contributed by atoms with Gasteiger partial charge in [-0.15, -0.1) is 11.8 Å². The summed E-state index contributed by atoms with van der Waals surface area (Å²) in [4.78, 5) is 5.50. The molecule has 1 aromatic carbocycles. The molecule has 3 nitrogen and oxygen atoms in total. The van der Waals surface area contributed by atoms with E-state index in [0.717, 1.165) is 11.6 Å². The van der Waals surface area contributed by atoms with E-state index in [1.165, 1.54) is 4.90 Å². The Bertz CT molecular complexity index is 439. The van der Waals surface area contributed by atoms with E-state index >= 15 is 0 Å². The second kappa shape index (κ2) is 5.18. The molecule has 0 radical (unpaired) electrons. The topological polar surface area (TPSA) is 43.8 Å². The van der Waals surface area contributed by atoms with Crippen molar-refractivity contribution in [2.24, 2.45) is 12.8 Å². The maximum absolute atomic E-state index is 6.08. The lowest BCUT2D eigenvalue weighted by atomic mass is 10.3. The number of nitrogens with zero attached hydrogens (tertiary/aromatic N) is 2. The van der Waals surface area contributed by atoms with Crippen LogP contribution in [-0.4, -0.2) is 15.3 Å². The van der Waals surface area contributed by atoms with Crippen LogP contribution in [0.5, 0.6) is 0 Å². The SMILES string of the molecule is Cn1ccnc1C(N)CSc1ccccc1. The Balaban J connectivity index is 1.94. The van der Waals surface area contributed by atoms with E-state index in [9.17, 15) is 0 Å². The summed E-state index contributed by atoms with van der Waals surface area (Å²) in [6, 6.07) is 10.3. The lowest BCUT2D eigenvalue weighted by molar-refractivity contribution is 0.694. The van der Waals surface area contributed by atoms with Crippen LogP contribution in [0.15, 0.2) is 47.6 Å². The van der Waals surface area contributed by atoms with Crippen LogP contribution in [-0.2, 0) is 7.05 Å². The van der Waals surface area contributed by atoms with E-state index in [1.807, 2.05) is 36.0 Å². The number of benzene rings is 1. The van der Waals surface area contributed by atoms with E-state index < -0.39 is 0 Å². The molecule has 0 saturated heterocycles. The van der Waals surface area contributed by atoms with Crippen LogP contribution >= 0.6 is 11.8 Å². The fourth-order valence-corrected chi connectivity index (χ4v) is 2.38. The van der Waals surface area contributed by atoms with Gasteiger partial charge in [-0.1, -0.05) is 18.2 Å². The van der Waals surface area contributed by atoms with Gasteiger partial charge in [0.05, 0.1) is 6.04 Å². The average Bonchev–Trinajstić information content (AvgIpc) is 2.74. The minimum Gasteiger partial charge on any atom is -0.337 e. The maximum atomic E-state index is 6.08. The third-order valence-electron chi connectivity index (χ3n) is 2.36. The fourth-order valence-electron chi connectivity index (χ4n) is 1.51. The van der Waals surface area contributed by atoms with Crippen molar-refractivity contribution in [1.29, 1.82) is 0 Å². The number of aromatic nitrogens is 2. The van der Waals surface area contributed by atoms with Crippen molar-refractivity contribution in [1.82, 2.24) is 9.55 Å². The van der Waals surface area contributed by atoms with Crippen LogP contribution in [0.1, 0.15) is 11.9 Å². The maximum Gasteiger partial charge on any atom is 0.126 e. The molecule has 16 heavy (non-hydrogen) atoms. The molecule has 84 valence electrons. The molecule has 2 aromatic rings. The molecule has 2 N–H and O–H groups in total. The molecule has 0 aliphatic carbocycles. The number of hydrogen-bond acceptors (Lipinski definition) is 3. The van der Waals surface area contributed by atoms with Crippen molar-refractivity contribution < 1.29 is 0 Å². The molecule has 0 bridgehead atoms. The third kappa shape index (κ3) is 2.65. The molecule has 1 unspecified atom stereocenters. The average molecular weight is 233 g/mol. The van der Waals surface area contributed by atoms with Gasteiger partial charge in [0, 0.05) is 30.1 Å². The number of imidazole rings is 1. The molecule has 0 aliphatic heterocycles. The predicted molar refractivity (Wildman–Crippen MR) is 67.3 cm³/mol. The van der Waals surface area contributed by atoms with E-state index in [1.54, 1.807) is 18.0 Å². The summed E-state index contributed by atoms with van der Waals surface area (Å²) >= 11 is 1.76. The predicted octanol–water partition coefficient (Wildman–Crippen LogP) is 2.21. The van der Waals surface area contributed by atoms with Crippen molar-refractivity contribution >= 4 is 11.8 Å². The minimum atomic E-state index is -0.0230. The number of hydrogen-bond donors (Lipinski definition) is 1. The first-order valence-electron chi connectivity index (χ1n) is 5.18. The van der Waals surface area contributed by atoms with E-state index in [2.05, 4.69) is 17.1 Å². The molecule has 1 heterocycles.